The number of benzene rings is 1. The summed E-state index contributed by atoms with van der Waals surface area (Å²) in [7, 11) is 3.91. The molecule has 7 heteroatoms. The molecule has 0 saturated carbocycles. The van der Waals surface area contributed by atoms with Crippen LogP contribution in [-0.4, -0.2) is 54.1 Å². The molecule has 0 saturated heterocycles. The lowest BCUT2D eigenvalue weighted by molar-refractivity contribution is 0.0950. The van der Waals surface area contributed by atoms with Crippen LogP contribution in [0.5, 0.6) is 5.75 Å². The summed E-state index contributed by atoms with van der Waals surface area (Å²) in [5.41, 5.74) is 1.28. The van der Waals surface area contributed by atoms with Crippen molar-refractivity contribution in [3.63, 3.8) is 0 Å². The summed E-state index contributed by atoms with van der Waals surface area (Å²) in [6, 6.07) is 7.55. The number of hydrogen-bond donors (Lipinski definition) is 2. The van der Waals surface area contributed by atoms with Gasteiger partial charge in [0.15, 0.2) is 0 Å². The van der Waals surface area contributed by atoms with Crippen molar-refractivity contribution < 1.29 is 9.53 Å². The summed E-state index contributed by atoms with van der Waals surface area (Å²) in [6.07, 6.45) is 3.16. The molecule has 0 atom stereocenters. The fourth-order valence-corrected chi connectivity index (χ4v) is 2.02. The van der Waals surface area contributed by atoms with Gasteiger partial charge in [-0.2, -0.15) is 0 Å². The zero-order valence-electron chi connectivity index (χ0n) is 15.1. The first-order valence-electron chi connectivity index (χ1n) is 8.23. The Morgan fingerprint density at radius 2 is 1.80 bits per heavy atom. The van der Waals surface area contributed by atoms with Gasteiger partial charge in [0.25, 0.3) is 5.91 Å². The first-order chi connectivity index (χ1) is 11.9. The van der Waals surface area contributed by atoms with Gasteiger partial charge in [0, 0.05) is 31.2 Å². The second-order valence-electron chi connectivity index (χ2n) is 6.17. The van der Waals surface area contributed by atoms with Crippen molar-refractivity contribution in [1.82, 2.24) is 20.2 Å². The molecule has 7 nitrogen and oxygen atoms in total. The van der Waals surface area contributed by atoms with Gasteiger partial charge in [0.2, 0.25) is 5.95 Å². The quantitative estimate of drug-likeness (QED) is 0.766. The van der Waals surface area contributed by atoms with Crippen molar-refractivity contribution in [2.24, 2.45) is 0 Å². The van der Waals surface area contributed by atoms with E-state index in [4.69, 9.17) is 4.74 Å². The minimum Gasteiger partial charge on any atom is -0.491 e. The molecule has 2 aromatic rings. The number of hydrogen-bond acceptors (Lipinski definition) is 6. The van der Waals surface area contributed by atoms with E-state index in [1.807, 2.05) is 57.1 Å². The predicted molar refractivity (Wildman–Crippen MR) is 98.4 cm³/mol. The standard InChI is InChI=1S/C18H25N5O2/c1-13(2)25-16-7-5-15(6-8-16)22-18-20-11-14(12-21-18)17(24)19-9-10-23(3)4/h5-8,11-13H,9-10H2,1-4H3,(H,19,24)(H,20,21,22). The highest BCUT2D eigenvalue weighted by atomic mass is 16.5. The molecule has 134 valence electrons. The van der Waals surface area contributed by atoms with Crippen LogP contribution < -0.4 is 15.4 Å². The van der Waals surface area contributed by atoms with Crippen LogP contribution in [0.4, 0.5) is 11.6 Å². The van der Waals surface area contributed by atoms with E-state index < -0.39 is 0 Å². The maximum Gasteiger partial charge on any atom is 0.254 e. The number of nitrogens with one attached hydrogen (secondary N) is 2. The smallest absolute Gasteiger partial charge is 0.254 e. The highest BCUT2D eigenvalue weighted by Crippen LogP contribution is 2.19. The summed E-state index contributed by atoms with van der Waals surface area (Å²) >= 11 is 0. The number of likely N-dealkylation sites (N-methyl/N-ethyl adjacent to an activating group) is 1. The Hall–Kier alpha value is -2.67. The first kappa shape index (κ1) is 18.7. The van der Waals surface area contributed by atoms with Crippen LogP contribution in [0, 0.1) is 0 Å². The van der Waals surface area contributed by atoms with Crippen LogP contribution in [0.1, 0.15) is 24.2 Å². The normalized spacial score (nSPS) is 10.8. The monoisotopic (exact) mass is 343 g/mol. The summed E-state index contributed by atoms with van der Waals surface area (Å²) < 4.78 is 5.60. The lowest BCUT2D eigenvalue weighted by atomic mass is 10.3. The van der Waals surface area contributed by atoms with E-state index in [1.165, 1.54) is 12.4 Å². The molecule has 0 spiro atoms. The fraction of sp³-hybridized carbons (Fsp3) is 0.389. The second kappa shape index (κ2) is 8.98. The molecule has 0 aliphatic rings. The Labute approximate surface area is 148 Å². The van der Waals surface area contributed by atoms with Crippen molar-refractivity contribution in [2.75, 3.05) is 32.5 Å². The molecule has 0 unspecified atom stereocenters. The van der Waals surface area contributed by atoms with Gasteiger partial charge in [-0.15, -0.1) is 0 Å². The van der Waals surface area contributed by atoms with Gasteiger partial charge in [-0.05, 0) is 52.2 Å². The van der Waals surface area contributed by atoms with E-state index in [-0.39, 0.29) is 12.0 Å². The van der Waals surface area contributed by atoms with Crippen LogP contribution in [-0.2, 0) is 0 Å². The number of carbonyl (C=O) groups excluding carboxylic acids is 1. The van der Waals surface area contributed by atoms with Gasteiger partial charge >= 0.3 is 0 Å². The van der Waals surface area contributed by atoms with Crippen LogP contribution in [0.25, 0.3) is 0 Å². The number of carbonyl (C=O) groups is 1. The molecule has 2 rings (SSSR count). The maximum absolute atomic E-state index is 12.0. The van der Waals surface area contributed by atoms with Crippen LogP contribution in [0.15, 0.2) is 36.7 Å². The van der Waals surface area contributed by atoms with E-state index in [2.05, 4.69) is 20.6 Å². The molecule has 1 aromatic heterocycles. The summed E-state index contributed by atoms with van der Waals surface area (Å²) in [5.74, 6) is 1.07. The topological polar surface area (TPSA) is 79.4 Å². The lowest BCUT2D eigenvalue weighted by Gasteiger charge is -2.11. The molecule has 0 radical (unpaired) electrons. The Balaban J connectivity index is 1.90. The van der Waals surface area contributed by atoms with Crippen molar-refractivity contribution in [3.8, 4) is 5.75 Å². The zero-order chi connectivity index (χ0) is 18.2. The highest BCUT2D eigenvalue weighted by Gasteiger charge is 2.07. The predicted octanol–water partition coefficient (Wildman–Crippen LogP) is 2.30. The van der Waals surface area contributed by atoms with Crippen LogP contribution in [0.3, 0.4) is 0 Å². The summed E-state index contributed by atoms with van der Waals surface area (Å²) in [5, 5.41) is 5.92. The molecular weight excluding hydrogens is 318 g/mol. The molecule has 0 fully saturated rings. The van der Waals surface area contributed by atoms with Crippen molar-refractivity contribution in [1.29, 1.82) is 0 Å². The third-order valence-electron chi connectivity index (χ3n) is 3.24. The average molecular weight is 343 g/mol. The molecule has 2 N–H and O–H groups in total. The Kier molecular flexibility index (Phi) is 6.71. The Bertz CT molecular complexity index is 669. The number of anilines is 2. The number of rotatable bonds is 8. The molecule has 0 aliphatic carbocycles. The van der Waals surface area contributed by atoms with E-state index in [0.29, 0.717) is 18.1 Å². The van der Waals surface area contributed by atoms with E-state index in [1.54, 1.807) is 0 Å². The van der Waals surface area contributed by atoms with Crippen molar-refractivity contribution in [3.05, 3.63) is 42.2 Å². The van der Waals surface area contributed by atoms with Crippen LogP contribution >= 0.6 is 0 Å². The Morgan fingerprint density at radius 3 is 2.36 bits per heavy atom. The van der Waals surface area contributed by atoms with Gasteiger partial charge in [-0.25, -0.2) is 9.97 Å². The zero-order valence-corrected chi connectivity index (χ0v) is 15.1. The first-order valence-corrected chi connectivity index (χ1v) is 8.23. The molecule has 0 bridgehead atoms. The highest BCUT2D eigenvalue weighted by molar-refractivity contribution is 5.93. The van der Waals surface area contributed by atoms with E-state index >= 15 is 0 Å². The summed E-state index contributed by atoms with van der Waals surface area (Å²) in [4.78, 5) is 22.3. The minimum atomic E-state index is -0.177. The van der Waals surface area contributed by atoms with Gasteiger partial charge in [-0.3, -0.25) is 4.79 Å². The fourth-order valence-electron chi connectivity index (χ4n) is 2.02. The van der Waals surface area contributed by atoms with Gasteiger partial charge in [-0.1, -0.05) is 0 Å². The van der Waals surface area contributed by atoms with Crippen LogP contribution in [0.2, 0.25) is 0 Å². The maximum atomic E-state index is 12.0. The molecule has 1 aromatic carbocycles. The SMILES string of the molecule is CC(C)Oc1ccc(Nc2ncc(C(=O)NCCN(C)C)cn2)cc1. The van der Waals surface area contributed by atoms with E-state index in [0.717, 1.165) is 18.0 Å². The molecule has 1 heterocycles. The van der Waals surface area contributed by atoms with Gasteiger partial charge in [0.05, 0.1) is 11.7 Å². The largest absolute Gasteiger partial charge is 0.491 e. The third-order valence-corrected chi connectivity index (χ3v) is 3.24. The lowest BCUT2D eigenvalue weighted by Crippen LogP contribution is -2.31. The number of amides is 1. The second-order valence-corrected chi connectivity index (χ2v) is 6.17. The molecular formula is C18H25N5O2. The molecule has 25 heavy (non-hydrogen) atoms. The van der Waals surface area contributed by atoms with Crippen molar-refractivity contribution >= 4 is 17.5 Å². The number of ether oxygens (including phenoxy) is 1. The third kappa shape index (κ3) is 6.39. The molecule has 0 aliphatic heterocycles. The number of aromatic nitrogens is 2. The van der Waals surface area contributed by atoms with Gasteiger partial charge < -0.3 is 20.3 Å². The molecule has 1 amide bonds. The van der Waals surface area contributed by atoms with E-state index in [9.17, 15) is 4.79 Å². The number of nitrogens with zero attached hydrogens (tertiary/aromatic N) is 3. The van der Waals surface area contributed by atoms with Crippen molar-refractivity contribution in [2.45, 2.75) is 20.0 Å². The summed E-state index contributed by atoms with van der Waals surface area (Å²) in [6.45, 7) is 5.33. The average Bonchev–Trinajstić information content (AvgIpc) is 2.56. The minimum absolute atomic E-state index is 0.138. The van der Waals surface area contributed by atoms with Gasteiger partial charge in [0.1, 0.15) is 5.75 Å². The Morgan fingerprint density at radius 1 is 1.16 bits per heavy atom.